The second-order valence-corrected chi connectivity index (χ2v) is 5.21. The maximum absolute atomic E-state index is 11.5. The van der Waals surface area contributed by atoms with E-state index in [9.17, 15) is 4.79 Å². The first-order valence-electron chi connectivity index (χ1n) is 6.98. The number of benzene rings is 1. The van der Waals surface area contributed by atoms with Crippen molar-refractivity contribution in [1.29, 1.82) is 0 Å². The van der Waals surface area contributed by atoms with Crippen molar-refractivity contribution in [2.24, 2.45) is 5.73 Å². The second-order valence-electron chi connectivity index (χ2n) is 5.21. The molecule has 1 heterocycles. The van der Waals surface area contributed by atoms with Gasteiger partial charge in [0.15, 0.2) is 5.82 Å². The van der Waals surface area contributed by atoms with E-state index in [0.717, 1.165) is 24.1 Å². The molecule has 1 aromatic carbocycles. The molecule has 2 N–H and O–H groups in total. The summed E-state index contributed by atoms with van der Waals surface area (Å²) in [5, 5.41) is 0. The molecule has 20 heavy (non-hydrogen) atoms. The van der Waals surface area contributed by atoms with Crippen molar-refractivity contribution in [3.8, 4) is 11.4 Å². The van der Waals surface area contributed by atoms with Gasteiger partial charge in [0.2, 0.25) is 0 Å². The molecule has 1 aliphatic carbocycles. The van der Waals surface area contributed by atoms with Crippen LogP contribution in [0.4, 0.5) is 0 Å². The lowest BCUT2D eigenvalue weighted by Gasteiger charge is -2.11. The summed E-state index contributed by atoms with van der Waals surface area (Å²) in [5.74, 6) is 0.520. The van der Waals surface area contributed by atoms with E-state index in [1.807, 2.05) is 30.3 Å². The van der Waals surface area contributed by atoms with Gasteiger partial charge in [0.05, 0.1) is 0 Å². The van der Waals surface area contributed by atoms with Gasteiger partial charge in [0, 0.05) is 17.2 Å². The van der Waals surface area contributed by atoms with E-state index in [4.69, 9.17) is 5.73 Å². The number of hydrogen-bond acceptors (Lipinski definition) is 3. The van der Waals surface area contributed by atoms with Crippen LogP contribution in [0.5, 0.6) is 0 Å². The summed E-state index contributed by atoms with van der Waals surface area (Å²) in [4.78, 5) is 20.4. The highest BCUT2D eigenvalue weighted by atomic mass is 16.1. The van der Waals surface area contributed by atoms with Gasteiger partial charge in [-0.15, -0.1) is 0 Å². The number of carbonyl (C=O) groups is 1. The van der Waals surface area contributed by atoms with Gasteiger partial charge in [-0.2, -0.15) is 0 Å². The molecule has 1 amide bonds. The van der Waals surface area contributed by atoms with Gasteiger partial charge in [-0.3, -0.25) is 4.79 Å². The van der Waals surface area contributed by atoms with Crippen LogP contribution in [0.2, 0.25) is 0 Å². The first-order valence-corrected chi connectivity index (χ1v) is 6.98. The Hall–Kier alpha value is -2.23. The smallest absolute Gasteiger partial charge is 0.267 e. The summed E-state index contributed by atoms with van der Waals surface area (Å²) < 4.78 is 0. The van der Waals surface area contributed by atoms with E-state index < -0.39 is 5.91 Å². The number of amides is 1. The minimum atomic E-state index is -0.496. The molecule has 102 valence electrons. The zero-order valence-corrected chi connectivity index (χ0v) is 11.2. The maximum Gasteiger partial charge on any atom is 0.267 e. The van der Waals surface area contributed by atoms with Crippen LogP contribution in [0.1, 0.15) is 47.8 Å². The quantitative estimate of drug-likeness (QED) is 0.929. The van der Waals surface area contributed by atoms with Gasteiger partial charge in [-0.05, 0) is 18.9 Å². The summed E-state index contributed by atoms with van der Waals surface area (Å²) in [6.07, 6.45) is 4.70. The van der Waals surface area contributed by atoms with E-state index in [2.05, 4.69) is 9.97 Å². The third kappa shape index (κ3) is 2.54. The highest BCUT2D eigenvalue weighted by Crippen LogP contribution is 2.33. The van der Waals surface area contributed by atoms with E-state index in [1.165, 1.54) is 12.8 Å². The van der Waals surface area contributed by atoms with Gasteiger partial charge in [0.1, 0.15) is 5.69 Å². The third-order valence-corrected chi connectivity index (χ3v) is 3.80. The number of primary amides is 1. The number of nitrogens with two attached hydrogens (primary N) is 1. The predicted molar refractivity (Wildman–Crippen MR) is 77.2 cm³/mol. The summed E-state index contributed by atoms with van der Waals surface area (Å²) in [6.45, 7) is 0. The van der Waals surface area contributed by atoms with Gasteiger partial charge in [-0.1, -0.05) is 43.2 Å². The minimum absolute atomic E-state index is 0.306. The van der Waals surface area contributed by atoms with Crippen LogP contribution in [-0.2, 0) is 0 Å². The maximum atomic E-state index is 11.5. The molecule has 4 heteroatoms. The molecule has 0 aliphatic heterocycles. The fraction of sp³-hybridized carbons (Fsp3) is 0.312. The number of aromatic nitrogens is 2. The van der Waals surface area contributed by atoms with Crippen molar-refractivity contribution in [3.05, 3.63) is 47.8 Å². The molecule has 1 aromatic heterocycles. The largest absolute Gasteiger partial charge is 0.364 e. The minimum Gasteiger partial charge on any atom is -0.364 e. The Bertz CT molecular complexity index is 619. The number of hydrogen-bond donors (Lipinski definition) is 1. The first-order chi connectivity index (χ1) is 9.74. The average molecular weight is 267 g/mol. The van der Waals surface area contributed by atoms with Crippen LogP contribution < -0.4 is 5.73 Å². The van der Waals surface area contributed by atoms with Crippen LogP contribution >= 0.6 is 0 Å². The Morgan fingerprint density at radius 2 is 1.80 bits per heavy atom. The lowest BCUT2D eigenvalue weighted by molar-refractivity contribution is 0.0995. The normalized spacial score (nSPS) is 15.4. The predicted octanol–water partition coefficient (Wildman–Crippen LogP) is 2.90. The lowest BCUT2D eigenvalue weighted by atomic mass is 10.0. The van der Waals surface area contributed by atoms with Crippen LogP contribution in [0.3, 0.4) is 0 Å². The number of carbonyl (C=O) groups excluding carboxylic acids is 1. The molecule has 1 aliphatic rings. The molecule has 0 bridgehead atoms. The first kappa shape index (κ1) is 12.8. The van der Waals surface area contributed by atoms with Crippen LogP contribution in [0.25, 0.3) is 11.4 Å². The highest BCUT2D eigenvalue weighted by Gasteiger charge is 2.21. The van der Waals surface area contributed by atoms with Crippen molar-refractivity contribution in [2.45, 2.75) is 31.6 Å². The Morgan fingerprint density at radius 3 is 2.45 bits per heavy atom. The number of rotatable bonds is 3. The lowest BCUT2D eigenvalue weighted by Crippen LogP contribution is -2.15. The molecule has 1 saturated carbocycles. The van der Waals surface area contributed by atoms with Crippen molar-refractivity contribution in [3.63, 3.8) is 0 Å². The molecule has 0 spiro atoms. The third-order valence-electron chi connectivity index (χ3n) is 3.80. The molecular weight excluding hydrogens is 250 g/mol. The van der Waals surface area contributed by atoms with E-state index >= 15 is 0 Å². The zero-order valence-electron chi connectivity index (χ0n) is 11.2. The molecule has 0 atom stereocenters. The summed E-state index contributed by atoms with van der Waals surface area (Å²) >= 11 is 0. The molecule has 0 radical (unpaired) electrons. The van der Waals surface area contributed by atoms with Crippen LogP contribution in [0, 0.1) is 0 Å². The Balaban J connectivity index is 2.07. The number of nitrogens with zero attached hydrogens (tertiary/aromatic N) is 2. The average Bonchev–Trinajstić information content (AvgIpc) is 3.02. The molecule has 1 fully saturated rings. The van der Waals surface area contributed by atoms with E-state index in [1.54, 1.807) is 6.07 Å². The fourth-order valence-corrected chi connectivity index (χ4v) is 2.74. The summed E-state index contributed by atoms with van der Waals surface area (Å²) in [6, 6.07) is 11.5. The van der Waals surface area contributed by atoms with Crippen LogP contribution in [-0.4, -0.2) is 15.9 Å². The van der Waals surface area contributed by atoms with Gasteiger partial charge in [-0.25, -0.2) is 9.97 Å². The van der Waals surface area contributed by atoms with Crippen molar-refractivity contribution in [1.82, 2.24) is 9.97 Å². The summed E-state index contributed by atoms with van der Waals surface area (Å²) in [5.41, 5.74) is 7.57. The molecule has 2 aromatic rings. The standard InChI is InChI=1S/C16H17N3O/c17-15(20)14-10-13(11-6-4-5-7-11)18-16(19-14)12-8-2-1-3-9-12/h1-3,8-11H,4-7H2,(H2,17,20). The molecule has 0 saturated heterocycles. The van der Waals surface area contributed by atoms with Crippen molar-refractivity contribution < 1.29 is 4.79 Å². The van der Waals surface area contributed by atoms with Crippen molar-refractivity contribution >= 4 is 5.91 Å². The van der Waals surface area contributed by atoms with Gasteiger partial charge < -0.3 is 5.73 Å². The van der Waals surface area contributed by atoms with Crippen molar-refractivity contribution in [2.75, 3.05) is 0 Å². The molecule has 3 rings (SSSR count). The molecular formula is C16H17N3O. The Kier molecular flexibility index (Phi) is 3.46. The van der Waals surface area contributed by atoms with Gasteiger partial charge in [0.25, 0.3) is 5.91 Å². The second kappa shape index (κ2) is 5.41. The SMILES string of the molecule is NC(=O)c1cc(C2CCCC2)nc(-c2ccccc2)n1. The molecule has 4 nitrogen and oxygen atoms in total. The summed E-state index contributed by atoms with van der Waals surface area (Å²) in [7, 11) is 0. The molecule has 0 unspecified atom stereocenters. The highest BCUT2D eigenvalue weighted by molar-refractivity contribution is 5.91. The van der Waals surface area contributed by atoms with E-state index in [-0.39, 0.29) is 0 Å². The monoisotopic (exact) mass is 267 g/mol. The zero-order chi connectivity index (χ0) is 13.9. The Labute approximate surface area is 118 Å². The van der Waals surface area contributed by atoms with E-state index in [0.29, 0.717) is 17.4 Å². The fourth-order valence-electron chi connectivity index (χ4n) is 2.74. The van der Waals surface area contributed by atoms with Crippen LogP contribution in [0.15, 0.2) is 36.4 Å². The van der Waals surface area contributed by atoms with Gasteiger partial charge >= 0.3 is 0 Å². The topological polar surface area (TPSA) is 68.9 Å². The Morgan fingerprint density at radius 1 is 1.10 bits per heavy atom.